The van der Waals surface area contributed by atoms with Crippen LogP contribution in [0.1, 0.15) is 11.1 Å². The summed E-state index contributed by atoms with van der Waals surface area (Å²) in [6.45, 7) is 1.99. The largest absolute Gasteiger partial charge is 0.314 e. The number of nitrogens with zero attached hydrogens (tertiary/aromatic N) is 2. The number of carbonyl (C=O) groups is 1. The highest BCUT2D eigenvalue weighted by molar-refractivity contribution is 9.10. The minimum absolute atomic E-state index is 0.0300. The molecule has 1 amide bonds. The van der Waals surface area contributed by atoms with Crippen molar-refractivity contribution in [3.05, 3.63) is 63.1 Å². The van der Waals surface area contributed by atoms with E-state index in [1.807, 2.05) is 48.2 Å². The standard InChI is InChI=1S/C20H18BrClN2O3S2/c1-12-2-4-13(5-3-12)8-19(25)23-20-24(16-7-6-14(21)9-15(16)22)17-10-29(26,27)11-18(17)28-20/h2-7,9,17-18H,8,10-11H2,1H3/t17-,18+/m1/s1. The zero-order valence-electron chi connectivity index (χ0n) is 15.5. The lowest BCUT2D eigenvalue weighted by atomic mass is 10.1. The summed E-state index contributed by atoms with van der Waals surface area (Å²) < 4.78 is 25.2. The van der Waals surface area contributed by atoms with Gasteiger partial charge in [0.05, 0.1) is 34.7 Å². The van der Waals surface area contributed by atoms with Crippen molar-refractivity contribution in [2.45, 2.75) is 24.6 Å². The summed E-state index contributed by atoms with van der Waals surface area (Å²) in [6.07, 6.45) is 0.194. The Balaban J connectivity index is 1.66. The maximum absolute atomic E-state index is 12.6. The van der Waals surface area contributed by atoms with Gasteiger partial charge in [-0.2, -0.15) is 4.99 Å². The third kappa shape index (κ3) is 4.55. The number of thioether (sulfide) groups is 1. The molecule has 2 saturated heterocycles. The Morgan fingerprint density at radius 3 is 2.66 bits per heavy atom. The highest BCUT2D eigenvalue weighted by atomic mass is 79.9. The van der Waals surface area contributed by atoms with Crippen molar-refractivity contribution < 1.29 is 13.2 Å². The molecule has 2 heterocycles. The zero-order valence-corrected chi connectivity index (χ0v) is 19.5. The molecule has 0 unspecified atom stereocenters. The fraction of sp³-hybridized carbons (Fsp3) is 0.300. The number of halogens is 2. The van der Waals surface area contributed by atoms with Gasteiger partial charge in [0.2, 0.25) is 0 Å². The summed E-state index contributed by atoms with van der Waals surface area (Å²) in [5.74, 6) is -0.155. The number of carbonyl (C=O) groups excluding carboxylic acids is 1. The molecule has 2 aliphatic heterocycles. The molecular formula is C20H18BrClN2O3S2. The predicted molar refractivity (Wildman–Crippen MR) is 123 cm³/mol. The fourth-order valence-electron chi connectivity index (χ4n) is 3.55. The molecular weight excluding hydrogens is 496 g/mol. The SMILES string of the molecule is Cc1ccc(CC(=O)N=C2S[C@H]3CS(=O)(=O)C[C@H]3N2c2ccc(Br)cc2Cl)cc1. The summed E-state index contributed by atoms with van der Waals surface area (Å²) in [6, 6.07) is 12.9. The lowest BCUT2D eigenvalue weighted by Gasteiger charge is -2.25. The van der Waals surface area contributed by atoms with E-state index in [-0.39, 0.29) is 35.1 Å². The van der Waals surface area contributed by atoms with Gasteiger partial charge in [-0.05, 0) is 30.7 Å². The van der Waals surface area contributed by atoms with Crippen molar-refractivity contribution in [2.75, 3.05) is 16.4 Å². The molecule has 0 bridgehead atoms. The van der Waals surface area contributed by atoms with Gasteiger partial charge in [-0.1, -0.05) is 69.1 Å². The van der Waals surface area contributed by atoms with Crippen LogP contribution < -0.4 is 4.90 Å². The lowest BCUT2D eigenvalue weighted by Crippen LogP contribution is -2.38. The third-order valence-corrected chi connectivity index (χ3v) is 8.94. The van der Waals surface area contributed by atoms with Gasteiger partial charge in [-0.15, -0.1) is 0 Å². The molecule has 0 aliphatic carbocycles. The first kappa shape index (κ1) is 20.9. The average Bonchev–Trinajstić information content (AvgIpc) is 3.08. The van der Waals surface area contributed by atoms with E-state index < -0.39 is 9.84 Å². The third-order valence-electron chi connectivity index (χ3n) is 4.93. The van der Waals surface area contributed by atoms with Crippen LogP contribution >= 0.6 is 39.3 Å². The number of fused-ring (bicyclic) bond motifs is 1. The van der Waals surface area contributed by atoms with Crippen LogP contribution in [0.2, 0.25) is 5.02 Å². The van der Waals surface area contributed by atoms with E-state index in [4.69, 9.17) is 11.6 Å². The van der Waals surface area contributed by atoms with Gasteiger partial charge in [0.25, 0.3) is 5.91 Å². The molecule has 5 nitrogen and oxygen atoms in total. The number of anilines is 1. The van der Waals surface area contributed by atoms with Crippen LogP contribution in [0, 0.1) is 6.92 Å². The Bertz CT molecular complexity index is 1100. The summed E-state index contributed by atoms with van der Waals surface area (Å²) >= 11 is 11.2. The van der Waals surface area contributed by atoms with E-state index in [0.29, 0.717) is 15.9 Å². The van der Waals surface area contributed by atoms with Crippen molar-refractivity contribution in [1.82, 2.24) is 0 Å². The molecule has 0 N–H and O–H groups in total. The first-order valence-electron chi connectivity index (χ1n) is 9.00. The molecule has 29 heavy (non-hydrogen) atoms. The van der Waals surface area contributed by atoms with E-state index >= 15 is 0 Å². The van der Waals surface area contributed by atoms with Crippen molar-refractivity contribution in [1.29, 1.82) is 0 Å². The smallest absolute Gasteiger partial charge is 0.252 e. The van der Waals surface area contributed by atoms with Gasteiger partial charge in [0.15, 0.2) is 15.0 Å². The number of hydrogen-bond donors (Lipinski definition) is 0. The van der Waals surface area contributed by atoms with Crippen LogP contribution in [0.5, 0.6) is 0 Å². The second-order valence-corrected chi connectivity index (χ2v) is 11.9. The first-order chi connectivity index (χ1) is 13.7. The zero-order chi connectivity index (χ0) is 20.8. The highest BCUT2D eigenvalue weighted by Gasteiger charge is 2.49. The second kappa shape index (κ2) is 8.06. The maximum Gasteiger partial charge on any atom is 0.252 e. The Kier molecular flexibility index (Phi) is 5.81. The number of aryl methyl sites for hydroxylation is 1. The molecule has 2 aliphatic rings. The minimum Gasteiger partial charge on any atom is -0.314 e. The van der Waals surface area contributed by atoms with Gasteiger partial charge >= 0.3 is 0 Å². The molecule has 2 aromatic carbocycles. The van der Waals surface area contributed by atoms with Crippen LogP contribution in [0.3, 0.4) is 0 Å². The van der Waals surface area contributed by atoms with Gasteiger partial charge in [0, 0.05) is 9.72 Å². The van der Waals surface area contributed by atoms with E-state index in [1.165, 1.54) is 11.8 Å². The quantitative estimate of drug-likeness (QED) is 0.614. The first-order valence-corrected chi connectivity index (χ1v) is 12.9. The molecule has 2 aromatic rings. The summed E-state index contributed by atoms with van der Waals surface area (Å²) in [5.41, 5.74) is 2.68. The van der Waals surface area contributed by atoms with Gasteiger partial charge in [0.1, 0.15) is 0 Å². The van der Waals surface area contributed by atoms with E-state index in [2.05, 4.69) is 20.9 Å². The van der Waals surface area contributed by atoms with Crippen LogP contribution in [0.25, 0.3) is 0 Å². The Morgan fingerprint density at radius 1 is 1.24 bits per heavy atom. The van der Waals surface area contributed by atoms with Gasteiger partial charge in [-0.3, -0.25) is 4.79 Å². The normalized spacial score (nSPS) is 24.1. The number of hydrogen-bond acceptors (Lipinski definition) is 4. The monoisotopic (exact) mass is 512 g/mol. The minimum atomic E-state index is -3.13. The van der Waals surface area contributed by atoms with Crippen LogP contribution in [0.4, 0.5) is 5.69 Å². The van der Waals surface area contributed by atoms with E-state index in [0.717, 1.165) is 15.6 Å². The van der Waals surface area contributed by atoms with Crippen LogP contribution in [0.15, 0.2) is 51.9 Å². The Labute approximate surface area is 187 Å². The Hall–Kier alpha value is -1.35. The molecule has 0 radical (unpaired) electrons. The topological polar surface area (TPSA) is 66.8 Å². The molecule has 2 fully saturated rings. The van der Waals surface area contributed by atoms with Crippen molar-refractivity contribution in [3.63, 3.8) is 0 Å². The van der Waals surface area contributed by atoms with Gasteiger partial charge < -0.3 is 4.90 Å². The number of rotatable bonds is 3. The molecule has 152 valence electrons. The molecule has 4 rings (SSSR count). The van der Waals surface area contributed by atoms with Crippen LogP contribution in [-0.2, 0) is 21.1 Å². The molecule has 0 saturated carbocycles. The highest BCUT2D eigenvalue weighted by Crippen LogP contribution is 2.43. The maximum atomic E-state index is 12.6. The van der Waals surface area contributed by atoms with E-state index in [9.17, 15) is 13.2 Å². The van der Waals surface area contributed by atoms with Crippen molar-refractivity contribution >= 4 is 65.9 Å². The van der Waals surface area contributed by atoms with Gasteiger partial charge in [-0.25, -0.2) is 8.42 Å². The van der Waals surface area contributed by atoms with Crippen LogP contribution in [-0.4, -0.2) is 42.3 Å². The Morgan fingerprint density at radius 2 is 1.97 bits per heavy atom. The number of amidine groups is 1. The molecule has 0 spiro atoms. The number of amides is 1. The van der Waals surface area contributed by atoms with Crippen molar-refractivity contribution in [2.24, 2.45) is 4.99 Å². The molecule has 2 atom stereocenters. The average molecular weight is 514 g/mol. The number of sulfone groups is 1. The summed E-state index contributed by atoms with van der Waals surface area (Å²) in [4.78, 5) is 18.8. The summed E-state index contributed by atoms with van der Waals surface area (Å²) in [7, 11) is -3.13. The molecule has 9 heteroatoms. The number of aliphatic imine (C=N–C) groups is 1. The van der Waals surface area contributed by atoms with E-state index in [1.54, 1.807) is 6.07 Å². The second-order valence-electron chi connectivity index (χ2n) is 7.22. The fourth-order valence-corrected chi connectivity index (χ4v) is 8.24. The predicted octanol–water partition coefficient (Wildman–Crippen LogP) is 4.26. The van der Waals surface area contributed by atoms with Crippen molar-refractivity contribution in [3.8, 4) is 0 Å². The summed E-state index contributed by atoms with van der Waals surface area (Å²) in [5, 5.41) is 0.825. The lowest BCUT2D eigenvalue weighted by molar-refractivity contribution is -0.117. The molecule has 0 aromatic heterocycles. The number of benzene rings is 2.